The molecule has 1 unspecified atom stereocenters. The summed E-state index contributed by atoms with van der Waals surface area (Å²) in [6, 6.07) is 3.34. The van der Waals surface area contributed by atoms with E-state index in [1.807, 2.05) is 11.9 Å². The predicted molar refractivity (Wildman–Crippen MR) is 103 cm³/mol. The maximum atomic E-state index is 12.8. The van der Waals surface area contributed by atoms with Gasteiger partial charge in [0.25, 0.3) is 11.9 Å². The van der Waals surface area contributed by atoms with Crippen LogP contribution in [0.3, 0.4) is 0 Å². The van der Waals surface area contributed by atoms with E-state index in [9.17, 15) is 4.79 Å². The summed E-state index contributed by atoms with van der Waals surface area (Å²) in [5.41, 5.74) is 0. The highest BCUT2D eigenvalue weighted by Crippen LogP contribution is 2.28. The Kier molecular flexibility index (Phi) is 5.66. The molecule has 0 aromatic carbocycles. The van der Waals surface area contributed by atoms with Crippen molar-refractivity contribution in [3.63, 3.8) is 0 Å². The van der Waals surface area contributed by atoms with Crippen molar-refractivity contribution in [2.24, 2.45) is 7.05 Å². The van der Waals surface area contributed by atoms with E-state index in [0.717, 1.165) is 50.7 Å². The summed E-state index contributed by atoms with van der Waals surface area (Å²) in [4.78, 5) is 17.1. The van der Waals surface area contributed by atoms with Gasteiger partial charge in [0.05, 0.1) is 13.7 Å². The van der Waals surface area contributed by atoms with Crippen molar-refractivity contribution in [1.82, 2.24) is 24.6 Å². The maximum absolute atomic E-state index is 12.8. The molecule has 2 aromatic rings. The lowest BCUT2D eigenvalue weighted by Gasteiger charge is -2.31. The average molecular weight is 387 g/mol. The van der Waals surface area contributed by atoms with E-state index in [0.29, 0.717) is 18.3 Å². The number of likely N-dealkylation sites (tertiary alicyclic amines) is 2. The van der Waals surface area contributed by atoms with Crippen LogP contribution in [0.5, 0.6) is 5.95 Å². The number of furan rings is 1. The van der Waals surface area contributed by atoms with Gasteiger partial charge in [-0.3, -0.25) is 9.69 Å². The van der Waals surface area contributed by atoms with E-state index in [1.54, 1.807) is 12.1 Å². The molecule has 2 fully saturated rings. The molecule has 2 aliphatic rings. The van der Waals surface area contributed by atoms with Crippen molar-refractivity contribution in [1.29, 1.82) is 0 Å². The minimum atomic E-state index is -0.0938. The Morgan fingerprint density at radius 3 is 2.75 bits per heavy atom. The molecular formula is C20H29N5O3. The Morgan fingerprint density at radius 1 is 1.18 bits per heavy atom. The molecule has 8 heteroatoms. The van der Waals surface area contributed by atoms with Gasteiger partial charge in [-0.05, 0) is 44.8 Å². The predicted octanol–water partition coefficient (Wildman–Crippen LogP) is 2.42. The highest BCUT2D eigenvalue weighted by atomic mass is 16.6. The van der Waals surface area contributed by atoms with Gasteiger partial charge >= 0.3 is 0 Å². The number of carbonyl (C=O) groups is 1. The molecule has 4 heterocycles. The van der Waals surface area contributed by atoms with Gasteiger partial charge in [0, 0.05) is 32.1 Å². The number of nitrogens with zero attached hydrogens (tertiary/aromatic N) is 5. The average Bonchev–Trinajstić information content (AvgIpc) is 3.36. The van der Waals surface area contributed by atoms with Crippen LogP contribution in [0.15, 0.2) is 16.5 Å². The van der Waals surface area contributed by atoms with Gasteiger partial charge in [-0.2, -0.15) is 0 Å². The Hall–Kier alpha value is -2.35. The molecule has 2 aliphatic heterocycles. The fourth-order valence-corrected chi connectivity index (χ4v) is 4.26. The number of hydrogen-bond acceptors (Lipinski definition) is 6. The van der Waals surface area contributed by atoms with Crippen LogP contribution in [0, 0.1) is 0 Å². The first-order valence-corrected chi connectivity index (χ1v) is 10.2. The molecular weight excluding hydrogens is 358 g/mol. The Bertz CT molecular complexity index is 809. The van der Waals surface area contributed by atoms with E-state index in [2.05, 4.69) is 19.7 Å². The molecule has 152 valence electrons. The summed E-state index contributed by atoms with van der Waals surface area (Å²) in [7, 11) is 3.58. The number of piperidine rings is 2. The second-order valence-electron chi connectivity index (χ2n) is 7.78. The third kappa shape index (κ3) is 3.92. The van der Waals surface area contributed by atoms with Crippen LogP contribution < -0.4 is 4.74 Å². The molecule has 28 heavy (non-hydrogen) atoms. The first kappa shape index (κ1) is 19.0. The number of aromatic nitrogens is 3. The molecule has 0 spiro atoms. The zero-order chi connectivity index (χ0) is 19.5. The Labute approximate surface area is 165 Å². The van der Waals surface area contributed by atoms with E-state index in [-0.39, 0.29) is 11.8 Å². The molecule has 2 aromatic heterocycles. The van der Waals surface area contributed by atoms with Crippen molar-refractivity contribution in [2.45, 2.75) is 44.6 Å². The van der Waals surface area contributed by atoms with Crippen molar-refractivity contribution < 1.29 is 13.9 Å². The molecule has 0 bridgehead atoms. The fourth-order valence-electron chi connectivity index (χ4n) is 4.26. The van der Waals surface area contributed by atoms with Crippen molar-refractivity contribution in [2.75, 3.05) is 33.3 Å². The number of ether oxygens (including phenoxy) is 1. The van der Waals surface area contributed by atoms with Crippen molar-refractivity contribution in [3.05, 3.63) is 29.5 Å². The summed E-state index contributed by atoms with van der Waals surface area (Å²) in [6.07, 6.45) is 5.82. The Morgan fingerprint density at radius 2 is 2.00 bits per heavy atom. The molecule has 2 saturated heterocycles. The van der Waals surface area contributed by atoms with Crippen LogP contribution in [0.2, 0.25) is 0 Å². The monoisotopic (exact) mass is 387 g/mol. The van der Waals surface area contributed by atoms with Gasteiger partial charge in [0.1, 0.15) is 11.6 Å². The van der Waals surface area contributed by atoms with E-state index < -0.39 is 0 Å². The quantitative estimate of drug-likeness (QED) is 0.784. The van der Waals surface area contributed by atoms with Gasteiger partial charge in [-0.15, -0.1) is 10.2 Å². The normalized spacial score (nSPS) is 21.1. The highest BCUT2D eigenvalue weighted by Gasteiger charge is 2.30. The lowest BCUT2D eigenvalue weighted by atomic mass is 9.97. The van der Waals surface area contributed by atoms with Crippen LogP contribution in [0.4, 0.5) is 0 Å². The van der Waals surface area contributed by atoms with Crippen LogP contribution in [0.1, 0.15) is 60.2 Å². The van der Waals surface area contributed by atoms with E-state index >= 15 is 0 Å². The third-order valence-electron chi connectivity index (χ3n) is 5.88. The first-order valence-electron chi connectivity index (χ1n) is 10.2. The van der Waals surface area contributed by atoms with Gasteiger partial charge in [-0.1, -0.05) is 6.42 Å². The zero-order valence-electron chi connectivity index (χ0n) is 16.8. The van der Waals surface area contributed by atoms with Crippen LogP contribution in [-0.4, -0.2) is 63.8 Å². The Balaban J connectivity index is 1.43. The smallest absolute Gasteiger partial charge is 0.289 e. The minimum Gasteiger partial charge on any atom is -0.468 e. The number of rotatable bonds is 5. The second kappa shape index (κ2) is 8.34. The van der Waals surface area contributed by atoms with Crippen molar-refractivity contribution >= 4 is 5.91 Å². The number of amides is 1. The number of carbonyl (C=O) groups excluding carboxylic acids is 1. The maximum Gasteiger partial charge on any atom is 0.289 e. The number of methoxy groups -OCH3 is 1. The van der Waals surface area contributed by atoms with E-state index in [4.69, 9.17) is 9.15 Å². The lowest BCUT2D eigenvalue weighted by Crippen LogP contribution is -2.39. The first-order chi connectivity index (χ1) is 13.7. The summed E-state index contributed by atoms with van der Waals surface area (Å²) in [5.74, 6) is 2.76. The summed E-state index contributed by atoms with van der Waals surface area (Å²) < 4.78 is 12.6. The summed E-state index contributed by atoms with van der Waals surface area (Å²) in [6.45, 7) is 4.50. The minimum absolute atomic E-state index is 0.0938. The topological polar surface area (TPSA) is 76.6 Å². The van der Waals surface area contributed by atoms with Gasteiger partial charge in [0.15, 0.2) is 5.76 Å². The van der Waals surface area contributed by atoms with Crippen LogP contribution >= 0.6 is 0 Å². The molecule has 4 rings (SSSR count). The van der Waals surface area contributed by atoms with Crippen molar-refractivity contribution in [3.8, 4) is 5.95 Å². The summed E-state index contributed by atoms with van der Waals surface area (Å²) in [5, 5.41) is 8.95. The van der Waals surface area contributed by atoms with Gasteiger partial charge in [-0.25, -0.2) is 0 Å². The van der Waals surface area contributed by atoms with Crippen LogP contribution in [0.25, 0.3) is 0 Å². The summed E-state index contributed by atoms with van der Waals surface area (Å²) >= 11 is 0. The highest BCUT2D eigenvalue weighted by molar-refractivity contribution is 5.91. The molecule has 0 aliphatic carbocycles. The molecule has 0 radical (unpaired) electrons. The SMILES string of the molecule is COc1ccc(C(=O)N2CCCC(c3nnc(CN4CCCCC4)n3C)C2)o1. The molecule has 1 atom stereocenters. The lowest BCUT2D eigenvalue weighted by molar-refractivity contribution is 0.0665. The standard InChI is InChI=1S/C20H29N5O3/c1-23-17(14-24-10-4-3-5-11-24)21-22-19(23)15-7-6-12-25(13-15)20(26)16-8-9-18(27-2)28-16/h8-9,15H,3-7,10-14H2,1-2H3. The molecule has 1 amide bonds. The van der Waals surface area contributed by atoms with Gasteiger partial charge < -0.3 is 18.6 Å². The van der Waals surface area contributed by atoms with E-state index in [1.165, 1.54) is 26.4 Å². The third-order valence-corrected chi connectivity index (χ3v) is 5.88. The van der Waals surface area contributed by atoms with Crippen LogP contribution in [-0.2, 0) is 13.6 Å². The molecule has 0 saturated carbocycles. The second-order valence-corrected chi connectivity index (χ2v) is 7.78. The molecule has 0 N–H and O–H groups in total. The molecule has 8 nitrogen and oxygen atoms in total. The number of hydrogen-bond donors (Lipinski definition) is 0. The largest absolute Gasteiger partial charge is 0.468 e. The fraction of sp³-hybridized carbons (Fsp3) is 0.650. The zero-order valence-corrected chi connectivity index (χ0v) is 16.8. The van der Waals surface area contributed by atoms with Gasteiger partial charge in [0.2, 0.25) is 0 Å².